The number of thiazole rings is 1. The van der Waals surface area contributed by atoms with E-state index in [4.69, 9.17) is 27.9 Å². The van der Waals surface area contributed by atoms with Gasteiger partial charge < -0.3 is 4.74 Å². The van der Waals surface area contributed by atoms with Gasteiger partial charge in [0.05, 0.1) is 20.7 Å². The third-order valence-electron chi connectivity index (χ3n) is 3.10. The van der Waals surface area contributed by atoms with Crippen molar-refractivity contribution in [3.8, 4) is 5.75 Å². The Hall–Kier alpha value is -1.36. The second kappa shape index (κ2) is 5.79. The molecule has 0 bridgehead atoms. The fraction of sp³-hybridized carbons (Fsp3) is 0.133. The van der Waals surface area contributed by atoms with Gasteiger partial charge in [-0.1, -0.05) is 23.2 Å². The fourth-order valence-corrected chi connectivity index (χ4v) is 3.47. The molecule has 21 heavy (non-hydrogen) atoms. The van der Waals surface area contributed by atoms with Crippen molar-refractivity contribution in [1.29, 1.82) is 0 Å². The summed E-state index contributed by atoms with van der Waals surface area (Å²) in [7, 11) is 0. The van der Waals surface area contributed by atoms with Gasteiger partial charge >= 0.3 is 0 Å². The van der Waals surface area contributed by atoms with Crippen molar-refractivity contribution >= 4 is 44.8 Å². The summed E-state index contributed by atoms with van der Waals surface area (Å²) in [5.74, 6) is 0.153. The second-order valence-electron chi connectivity index (χ2n) is 4.50. The highest BCUT2D eigenvalue weighted by molar-refractivity contribution is 7.16. The first-order valence-corrected chi connectivity index (χ1v) is 7.83. The zero-order valence-electron chi connectivity index (χ0n) is 10.9. The Labute approximate surface area is 135 Å². The Bertz CT molecular complexity index is 805. The van der Waals surface area contributed by atoms with Crippen LogP contribution in [0.5, 0.6) is 5.75 Å². The van der Waals surface area contributed by atoms with E-state index in [1.165, 1.54) is 23.5 Å². The van der Waals surface area contributed by atoms with Gasteiger partial charge in [-0.2, -0.15) is 0 Å². The number of aromatic nitrogens is 1. The van der Waals surface area contributed by atoms with E-state index in [-0.39, 0.29) is 5.02 Å². The van der Waals surface area contributed by atoms with E-state index in [1.54, 1.807) is 12.4 Å². The molecule has 0 fully saturated rings. The molecule has 0 spiro atoms. The Kier molecular flexibility index (Phi) is 4.02. The summed E-state index contributed by atoms with van der Waals surface area (Å²) >= 11 is 13.6. The van der Waals surface area contributed by atoms with Gasteiger partial charge in [0.15, 0.2) is 0 Å². The minimum absolute atomic E-state index is 0.00568. The number of rotatable bonds is 3. The monoisotopic (exact) mass is 341 g/mol. The van der Waals surface area contributed by atoms with Crippen LogP contribution in [0.15, 0.2) is 35.8 Å². The number of hydrogen-bond donors (Lipinski definition) is 0. The summed E-state index contributed by atoms with van der Waals surface area (Å²) in [5.41, 5.74) is 3.14. The summed E-state index contributed by atoms with van der Waals surface area (Å²) in [6, 6.07) is 8.31. The van der Waals surface area contributed by atoms with Gasteiger partial charge in [-0.25, -0.2) is 9.37 Å². The highest BCUT2D eigenvalue weighted by Crippen LogP contribution is 2.35. The molecule has 2 aromatic carbocycles. The van der Waals surface area contributed by atoms with Crippen molar-refractivity contribution < 1.29 is 9.13 Å². The lowest BCUT2D eigenvalue weighted by Crippen LogP contribution is -2.05. The van der Waals surface area contributed by atoms with Crippen molar-refractivity contribution in [2.45, 2.75) is 13.0 Å². The molecule has 0 amide bonds. The normalized spacial score (nSPS) is 12.6. The molecular weight excluding hydrogens is 332 g/mol. The van der Waals surface area contributed by atoms with Crippen LogP contribution in [-0.4, -0.2) is 4.98 Å². The third kappa shape index (κ3) is 2.84. The number of benzene rings is 2. The zero-order chi connectivity index (χ0) is 15.0. The van der Waals surface area contributed by atoms with Crippen LogP contribution in [0, 0.1) is 5.82 Å². The molecule has 0 N–H and O–H groups in total. The molecule has 0 radical (unpaired) electrons. The standard InChI is InChI=1S/C15H10Cl2FNOS/c1-8(14-10(16)3-4-11(18)15(14)17)20-9-2-5-12-13(6-9)21-7-19-12/h2-8H,1H3. The minimum atomic E-state index is -0.510. The minimum Gasteiger partial charge on any atom is -0.486 e. The van der Waals surface area contributed by atoms with Crippen LogP contribution < -0.4 is 4.74 Å². The lowest BCUT2D eigenvalue weighted by Gasteiger charge is -2.18. The summed E-state index contributed by atoms with van der Waals surface area (Å²) < 4.78 is 20.4. The quantitative estimate of drug-likeness (QED) is 0.554. The Morgan fingerprint density at radius 2 is 2.05 bits per heavy atom. The molecule has 1 heterocycles. The topological polar surface area (TPSA) is 22.1 Å². The van der Waals surface area contributed by atoms with Crippen LogP contribution in [0.1, 0.15) is 18.6 Å². The largest absolute Gasteiger partial charge is 0.486 e. The number of fused-ring (bicyclic) bond motifs is 1. The molecule has 1 atom stereocenters. The van der Waals surface area contributed by atoms with Gasteiger partial charge in [-0.15, -0.1) is 11.3 Å². The maximum atomic E-state index is 13.6. The molecule has 3 aromatic rings. The highest BCUT2D eigenvalue weighted by atomic mass is 35.5. The lowest BCUT2D eigenvalue weighted by atomic mass is 10.1. The second-order valence-corrected chi connectivity index (χ2v) is 6.17. The van der Waals surface area contributed by atoms with E-state index in [9.17, 15) is 4.39 Å². The van der Waals surface area contributed by atoms with Crippen molar-refractivity contribution in [3.05, 3.63) is 57.3 Å². The molecular formula is C15H10Cl2FNOS. The van der Waals surface area contributed by atoms with Crippen molar-refractivity contribution in [2.24, 2.45) is 0 Å². The smallest absolute Gasteiger partial charge is 0.142 e. The predicted molar refractivity (Wildman–Crippen MR) is 85.1 cm³/mol. The van der Waals surface area contributed by atoms with Crippen molar-refractivity contribution in [1.82, 2.24) is 4.98 Å². The summed E-state index contributed by atoms with van der Waals surface area (Å²) in [6.45, 7) is 1.78. The molecule has 0 saturated heterocycles. The number of halogens is 3. The third-order valence-corrected chi connectivity index (χ3v) is 4.61. The molecule has 1 unspecified atom stereocenters. The van der Waals surface area contributed by atoms with Crippen LogP contribution >= 0.6 is 34.5 Å². The molecule has 0 aliphatic rings. The molecule has 1 aromatic heterocycles. The highest BCUT2D eigenvalue weighted by Gasteiger charge is 2.18. The van der Waals surface area contributed by atoms with Crippen LogP contribution in [-0.2, 0) is 0 Å². The van der Waals surface area contributed by atoms with Gasteiger partial charge in [0.2, 0.25) is 0 Å². The average Bonchev–Trinajstić information content (AvgIpc) is 2.91. The fourth-order valence-electron chi connectivity index (χ4n) is 2.09. The number of ether oxygens (including phenoxy) is 1. The van der Waals surface area contributed by atoms with E-state index in [0.717, 1.165) is 10.2 Å². The van der Waals surface area contributed by atoms with Crippen LogP contribution in [0.2, 0.25) is 10.0 Å². The maximum Gasteiger partial charge on any atom is 0.142 e. The molecule has 108 valence electrons. The Balaban J connectivity index is 1.92. The first-order chi connectivity index (χ1) is 10.1. The first kappa shape index (κ1) is 14.6. The molecule has 0 aliphatic heterocycles. The first-order valence-electron chi connectivity index (χ1n) is 6.19. The van der Waals surface area contributed by atoms with E-state index in [2.05, 4.69) is 4.98 Å². The zero-order valence-corrected chi connectivity index (χ0v) is 13.3. The summed E-state index contributed by atoms with van der Waals surface area (Å²) in [6.07, 6.45) is -0.467. The SMILES string of the molecule is CC(Oc1ccc2ncsc2c1)c1c(Cl)ccc(F)c1Cl. The van der Waals surface area contributed by atoms with Crippen LogP contribution in [0.3, 0.4) is 0 Å². The van der Waals surface area contributed by atoms with Gasteiger partial charge in [0, 0.05) is 10.6 Å². The van der Waals surface area contributed by atoms with Gasteiger partial charge in [0.25, 0.3) is 0 Å². The maximum absolute atomic E-state index is 13.6. The Morgan fingerprint density at radius 3 is 2.86 bits per heavy atom. The van der Waals surface area contributed by atoms with E-state index in [0.29, 0.717) is 16.3 Å². The van der Waals surface area contributed by atoms with Crippen LogP contribution in [0.4, 0.5) is 4.39 Å². The molecule has 0 saturated carbocycles. The molecule has 3 rings (SSSR count). The molecule has 6 heteroatoms. The van der Waals surface area contributed by atoms with Crippen molar-refractivity contribution in [3.63, 3.8) is 0 Å². The van der Waals surface area contributed by atoms with Crippen molar-refractivity contribution in [2.75, 3.05) is 0 Å². The summed E-state index contributed by atoms with van der Waals surface area (Å²) in [4.78, 5) is 4.21. The lowest BCUT2D eigenvalue weighted by molar-refractivity contribution is 0.227. The summed E-state index contributed by atoms with van der Waals surface area (Å²) in [5, 5.41) is 0.377. The number of hydrogen-bond acceptors (Lipinski definition) is 3. The van der Waals surface area contributed by atoms with E-state index >= 15 is 0 Å². The average molecular weight is 342 g/mol. The molecule has 0 aliphatic carbocycles. The van der Waals surface area contributed by atoms with Gasteiger partial charge in [-0.3, -0.25) is 0 Å². The van der Waals surface area contributed by atoms with E-state index < -0.39 is 11.9 Å². The number of nitrogens with zero attached hydrogens (tertiary/aromatic N) is 1. The van der Waals surface area contributed by atoms with Gasteiger partial charge in [0.1, 0.15) is 17.7 Å². The Morgan fingerprint density at radius 1 is 1.24 bits per heavy atom. The molecule has 2 nitrogen and oxygen atoms in total. The predicted octanol–water partition coefficient (Wildman–Crippen LogP) is 5.88. The van der Waals surface area contributed by atoms with Crippen LogP contribution in [0.25, 0.3) is 10.2 Å². The van der Waals surface area contributed by atoms with E-state index in [1.807, 2.05) is 18.2 Å². The van der Waals surface area contributed by atoms with Gasteiger partial charge in [-0.05, 0) is 37.3 Å².